The molecular formula is C18H38N2. The van der Waals surface area contributed by atoms with E-state index in [0.29, 0.717) is 6.04 Å². The second-order valence-corrected chi connectivity index (χ2v) is 6.63. The lowest BCUT2D eigenvalue weighted by molar-refractivity contribution is 0.0187. The SMILES string of the molecule is CCC1CCCCC1C(N)C(CC)(CC)N(CC)CC. The van der Waals surface area contributed by atoms with Gasteiger partial charge in [0.05, 0.1) is 0 Å². The monoisotopic (exact) mass is 282 g/mol. The average Bonchev–Trinajstić information content (AvgIpc) is 2.52. The van der Waals surface area contributed by atoms with E-state index >= 15 is 0 Å². The molecule has 1 rings (SSSR count). The number of nitrogens with two attached hydrogens (primary N) is 1. The first-order chi connectivity index (χ1) is 9.61. The maximum atomic E-state index is 6.93. The van der Waals surface area contributed by atoms with Crippen molar-refractivity contribution in [1.29, 1.82) is 0 Å². The highest BCUT2D eigenvalue weighted by Crippen LogP contribution is 2.40. The molecule has 0 radical (unpaired) electrons. The smallest absolute Gasteiger partial charge is 0.0357 e. The minimum atomic E-state index is 0.207. The number of hydrogen-bond donors (Lipinski definition) is 1. The quantitative estimate of drug-likeness (QED) is 0.713. The molecule has 0 spiro atoms. The molecule has 2 heteroatoms. The molecule has 0 bridgehead atoms. The molecule has 20 heavy (non-hydrogen) atoms. The number of nitrogens with zero attached hydrogens (tertiary/aromatic N) is 1. The van der Waals surface area contributed by atoms with Crippen molar-refractivity contribution in [2.75, 3.05) is 13.1 Å². The second-order valence-electron chi connectivity index (χ2n) is 6.63. The van der Waals surface area contributed by atoms with Crippen molar-refractivity contribution >= 4 is 0 Å². The first-order valence-corrected chi connectivity index (χ1v) is 9.11. The molecule has 0 amide bonds. The van der Waals surface area contributed by atoms with Crippen molar-refractivity contribution in [3.05, 3.63) is 0 Å². The summed E-state index contributed by atoms with van der Waals surface area (Å²) in [6, 6.07) is 0.336. The van der Waals surface area contributed by atoms with Gasteiger partial charge in [0.25, 0.3) is 0 Å². The predicted molar refractivity (Wildman–Crippen MR) is 89.9 cm³/mol. The summed E-state index contributed by atoms with van der Waals surface area (Å²) in [5.74, 6) is 1.58. The van der Waals surface area contributed by atoms with Gasteiger partial charge < -0.3 is 5.73 Å². The summed E-state index contributed by atoms with van der Waals surface area (Å²) in [4.78, 5) is 2.64. The lowest BCUT2D eigenvalue weighted by atomic mass is 9.67. The number of rotatable bonds is 8. The molecule has 1 aliphatic carbocycles. The Morgan fingerprint density at radius 1 is 1.00 bits per heavy atom. The molecule has 0 aromatic carbocycles. The van der Waals surface area contributed by atoms with E-state index in [4.69, 9.17) is 5.73 Å². The molecule has 120 valence electrons. The molecule has 1 fully saturated rings. The van der Waals surface area contributed by atoms with Crippen molar-refractivity contribution in [2.24, 2.45) is 17.6 Å². The minimum absolute atomic E-state index is 0.207. The average molecular weight is 283 g/mol. The summed E-state index contributed by atoms with van der Waals surface area (Å²) >= 11 is 0. The van der Waals surface area contributed by atoms with Crippen LogP contribution < -0.4 is 5.73 Å². The van der Waals surface area contributed by atoms with Gasteiger partial charge in [-0.15, -0.1) is 0 Å². The molecule has 0 aromatic heterocycles. The van der Waals surface area contributed by atoms with Gasteiger partial charge in [-0.05, 0) is 44.2 Å². The Balaban J connectivity index is 2.99. The largest absolute Gasteiger partial charge is 0.326 e. The Kier molecular flexibility index (Phi) is 7.53. The Hall–Kier alpha value is -0.0800. The van der Waals surface area contributed by atoms with E-state index < -0.39 is 0 Å². The maximum absolute atomic E-state index is 6.93. The van der Waals surface area contributed by atoms with Crippen molar-refractivity contribution in [3.63, 3.8) is 0 Å². The van der Waals surface area contributed by atoms with Crippen LogP contribution >= 0.6 is 0 Å². The van der Waals surface area contributed by atoms with Crippen molar-refractivity contribution in [3.8, 4) is 0 Å². The standard InChI is InChI=1S/C18H38N2/c1-6-15-13-11-12-14-16(15)17(19)18(7-2,8-3)20(9-4)10-5/h15-17H,6-14,19H2,1-5H3. The zero-order valence-electron chi connectivity index (χ0n) is 14.6. The van der Waals surface area contributed by atoms with Gasteiger partial charge in [0.1, 0.15) is 0 Å². The van der Waals surface area contributed by atoms with Gasteiger partial charge in [-0.3, -0.25) is 4.90 Å². The zero-order valence-corrected chi connectivity index (χ0v) is 14.6. The lowest BCUT2D eigenvalue weighted by Gasteiger charge is -2.51. The van der Waals surface area contributed by atoms with Gasteiger partial charge in [0.2, 0.25) is 0 Å². The van der Waals surface area contributed by atoms with Crippen LogP contribution in [0.15, 0.2) is 0 Å². The van der Waals surface area contributed by atoms with Crippen LogP contribution in [0.25, 0.3) is 0 Å². The molecule has 1 saturated carbocycles. The van der Waals surface area contributed by atoms with Crippen LogP contribution in [-0.4, -0.2) is 29.6 Å². The van der Waals surface area contributed by atoms with Gasteiger partial charge in [-0.2, -0.15) is 0 Å². The summed E-state index contributed by atoms with van der Waals surface area (Å²) in [5, 5.41) is 0. The van der Waals surface area contributed by atoms with Gasteiger partial charge in [-0.25, -0.2) is 0 Å². The number of likely N-dealkylation sites (N-methyl/N-ethyl adjacent to an activating group) is 1. The van der Waals surface area contributed by atoms with Crippen LogP contribution in [-0.2, 0) is 0 Å². The first-order valence-electron chi connectivity index (χ1n) is 9.11. The van der Waals surface area contributed by atoms with Gasteiger partial charge in [-0.1, -0.05) is 60.3 Å². The zero-order chi connectivity index (χ0) is 15.2. The molecule has 3 unspecified atom stereocenters. The summed E-state index contributed by atoms with van der Waals surface area (Å²) in [5.41, 5.74) is 7.13. The maximum Gasteiger partial charge on any atom is 0.0357 e. The number of hydrogen-bond acceptors (Lipinski definition) is 2. The first kappa shape index (κ1) is 18.0. The van der Waals surface area contributed by atoms with Crippen molar-refractivity contribution in [2.45, 2.75) is 91.1 Å². The fraction of sp³-hybridized carbons (Fsp3) is 1.00. The fourth-order valence-corrected chi connectivity index (χ4v) is 4.85. The van der Waals surface area contributed by atoms with Crippen LogP contribution in [0.3, 0.4) is 0 Å². The van der Waals surface area contributed by atoms with E-state index in [1.807, 2.05) is 0 Å². The van der Waals surface area contributed by atoms with E-state index in [1.54, 1.807) is 0 Å². The van der Waals surface area contributed by atoms with E-state index in [9.17, 15) is 0 Å². The van der Waals surface area contributed by atoms with Crippen LogP contribution in [0.4, 0.5) is 0 Å². The summed E-state index contributed by atoms with van der Waals surface area (Å²) in [6.45, 7) is 13.8. The third kappa shape index (κ3) is 3.39. The Morgan fingerprint density at radius 3 is 2.00 bits per heavy atom. The molecule has 3 atom stereocenters. The molecular weight excluding hydrogens is 244 g/mol. The van der Waals surface area contributed by atoms with Crippen molar-refractivity contribution < 1.29 is 0 Å². The molecule has 1 aliphatic rings. The van der Waals surface area contributed by atoms with E-state index in [0.717, 1.165) is 24.9 Å². The topological polar surface area (TPSA) is 29.3 Å². The van der Waals surface area contributed by atoms with E-state index in [-0.39, 0.29) is 5.54 Å². The highest BCUT2D eigenvalue weighted by atomic mass is 15.2. The predicted octanol–water partition coefficient (Wildman–Crippen LogP) is 4.43. The van der Waals surface area contributed by atoms with Gasteiger partial charge >= 0.3 is 0 Å². The lowest BCUT2D eigenvalue weighted by Crippen LogP contribution is -2.63. The Labute approximate surface area is 127 Å². The fourth-order valence-electron chi connectivity index (χ4n) is 4.85. The molecule has 0 heterocycles. The molecule has 0 aliphatic heterocycles. The Morgan fingerprint density at radius 2 is 1.55 bits per heavy atom. The minimum Gasteiger partial charge on any atom is -0.326 e. The highest BCUT2D eigenvalue weighted by Gasteiger charge is 2.43. The van der Waals surface area contributed by atoms with Crippen LogP contribution in [0.2, 0.25) is 0 Å². The van der Waals surface area contributed by atoms with Crippen LogP contribution in [0, 0.1) is 11.8 Å². The molecule has 2 nitrogen and oxygen atoms in total. The van der Waals surface area contributed by atoms with Gasteiger partial charge in [0.15, 0.2) is 0 Å². The third-order valence-electron chi connectivity index (χ3n) is 6.19. The van der Waals surface area contributed by atoms with E-state index in [1.165, 1.54) is 44.9 Å². The molecule has 0 aromatic rings. The Bertz CT molecular complexity index is 256. The highest BCUT2D eigenvalue weighted by molar-refractivity contribution is 5.01. The summed E-state index contributed by atoms with van der Waals surface area (Å²) in [6.07, 6.45) is 9.22. The molecule has 2 N–H and O–H groups in total. The van der Waals surface area contributed by atoms with Crippen LogP contribution in [0.5, 0.6) is 0 Å². The molecule has 0 saturated heterocycles. The van der Waals surface area contributed by atoms with E-state index in [2.05, 4.69) is 39.5 Å². The summed E-state index contributed by atoms with van der Waals surface area (Å²) in [7, 11) is 0. The van der Waals surface area contributed by atoms with Crippen LogP contribution in [0.1, 0.15) is 79.6 Å². The summed E-state index contributed by atoms with van der Waals surface area (Å²) < 4.78 is 0. The normalized spacial score (nSPS) is 25.9. The second kappa shape index (κ2) is 8.38. The third-order valence-corrected chi connectivity index (χ3v) is 6.19. The van der Waals surface area contributed by atoms with Gasteiger partial charge in [0, 0.05) is 11.6 Å². The van der Waals surface area contributed by atoms with Crippen molar-refractivity contribution in [1.82, 2.24) is 4.90 Å².